The monoisotopic (exact) mass is 266 g/mol. The molecule has 18 heavy (non-hydrogen) atoms. The van der Waals surface area contributed by atoms with Crippen LogP contribution >= 0.6 is 11.8 Å². The van der Waals surface area contributed by atoms with Gasteiger partial charge in [-0.3, -0.25) is 0 Å². The fourth-order valence-corrected chi connectivity index (χ4v) is 3.32. The minimum absolute atomic E-state index is 0.833. The molecule has 2 heterocycles. The molecule has 4 nitrogen and oxygen atoms in total. The second-order valence-electron chi connectivity index (χ2n) is 5.29. The van der Waals surface area contributed by atoms with Gasteiger partial charge in [0.05, 0.1) is 0 Å². The quantitative estimate of drug-likeness (QED) is 0.633. The van der Waals surface area contributed by atoms with Gasteiger partial charge in [-0.25, -0.2) is 0 Å². The molecule has 0 amide bonds. The molecular formula is C13H22N4S. The number of thioether (sulfide) groups is 1. The minimum Gasteiger partial charge on any atom is -0.314 e. The molecular weight excluding hydrogens is 244 g/mol. The van der Waals surface area contributed by atoms with Crippen LogP contribution in [0.3, 0.4) is 0 Å². The van der Waals surface area contributed by atoms with E-state index < -0.39 is 0 Å². The van der Waals surface area contributed by atoms with Gasteiger partial charge in [0.15, 0.2) is 5.16 Å². The minimum atomic E-state index is 0.833. The molecule has 3 rings (SSSR count). The van der Waals surface area contributed by atoms with Crippen molar-refractivity contribution in [3.63, 3.8) is 0 Å². The van der Waals surface area contributed by atoms with Gasteiger partial charge in [0.1, 0.15) is 5.82 Å². The lowest BCUT2D eigenvalue weighted by atomic mass is 10.2. The molecule has 5 heteroatoms. The molecule has 100 valence electrons. The molecule has 1 aliphatic carbocycles. The highest BCUT2D eigenvalue weighted by atomic mass is 32.2. The lowest BCUT2D eigenvalue weighted by Crippen LogP contribution is -2.17. The molecule has 0 saturated heterocycles. The average molecular weight is 266 g/mol. The van der Waals surface area contributed by atoms with E-state index in [1.165, 1.54) is 44.3 Å². The van der Waals surface area contributed by atoms with Crippen LogP contribution in [0, 0.1) is 0 Å². The number of fused-ring (bicyclic) bond motifs is 1. The van der Waals surface area contributed by atoms with Gasteiger partial charge in [-0.1, -0.05) is 18.2 Å². The van der Waals surface area contributed by atoms with E-state index in [0.29, 0.717) is 0 Å². The third-order valence-corrected chi connectivity index (χ3v) is 4.69. The van der Waals surface area contributed by atoms with Crippen molar-refractivity contribution < 1.29 is 0 Å². The molecule has 1 saturated carbocycles. The summed E-state index contributed by atoms with van der Waals surface area (Å²) < 4.78 is 2.34. The zero-order valence-electron chi connectivity index (χ0n) is 10.9. The normalized spacial score (nSPS) is 19.6. The van der Waals surface area contributed by atoms with E-state index >= 15 is 0 Å². The van der Waals surface area contributed by atoms with Crippen molar-refractivity contribution in [3.8, 4) is 0 Å². The molecule has 0 spiro atoms. The summed E-state index contributed by atoms with van der Waals surface area (Å²) >= 11 is 1.87. The summed E-state index contributed by atoms with van der Waals surface area (Å²) in [6.07, 6.45) is 8.98. The first-order valence-electron chi connectivity index (χ1n) is 7.22. The SMILES string of the molecule is C1CCc2nnc(SCCCNC3CC3)n2CC1. The molecule has 0 radical (unpaired) electrons. The Hall–Kier alpha value is -0.550. The van der Waals surface area contributed by atoms with Gasteiger partial charge in [0.25, 0.3) is 0 Å². The molecule has 0 atom stereocenters. The highest BCUT2D eigenvalue weighted by molar-refractivity contribution is 7.99. The van der Waals surface area contributed by atoms with Crippen LogP contribution in [-0.2, 0) is 13.0 Å². The third-order valence-electron chi connectivity index (χ3n) is 3.64. The van der Waals surface area contributed by atoms with Crippen molar-refractivity contribution in [1.82, 2.24) is 20.1 Å². The van der Waals surface area contributed by atoms with Gasteiger partial charge < -0.3 is 9.88 Å². The summed E-state index contributed by atoms with van der Waals surface area (Å²) in [5.41, 5.74) is 0. The molecule has 0 unspecified atom stereocenters. The van der Waals surface area contributed by atoms with Gasteiger partial charge >= 0.3 is 0 Å². The molecule has 0 bridgehead atoms. The second kappa shape index (κ2) is 6.06. The van der Waals surface area contributed by atoms with E-state index in [1.807, 2.05) is 11.8 Å². The van der Waals surface area contributed by atoms with Crippen molar-refractivity contribution in [2.24, 2.45) is 0 Å². The van der Waals surface area contributed by atoms with E-state index in [1.54, 1.807) is 0 Å². The molecule has 1 fully saturated rings. The predicted molar refractivity (Wildman–Crippen MR) is 73.9 cm³/mol. The number of aromatic nitrogens is 3. The Bertz CT molecular complexity index is 386. The highest BCUT2D eigenvalue weighted by Gasteiger charge is 2.19. The van der Waals surface area contributed by atoms with Gasteiger partial charge in [0, 0.05) is 24.8 Å². The number of hydrogen-bond acceptors (Lipinski definition) is 4. The Kier molecular flexibility index (Phi) is 4.20. The Morgan fingerprint density at radius 2 is 2.17 bits per heavy atom. The van der Waals surface area contributed by atoms with Crippen molar-refractivity contribution in [1.29, 1.82) is 0 Å². The van der Waals surface area contributed by atoms with Gasteiger partial charge in [-0.05, 0) is 38.6 Å². The first-order valence-corrected chi connectivity index (χ1v) is 8.20. The van der Waals surface area contributed by atoms with Crippen molar-refractivity contribution in [2.45, 2.75) is 62.7 Å². The van der Waals surface area contributed by atoms with Crippen molar-refractivity contribution in [3.05, 3.63) is 5.82 Å². The molecule has 2 aliphatic rings. The summed E-state index contributed by atoms with van der Waals surface area (Å²) in [5.74, 6) is 2.35. The summed E-state index contributed by atoms with van der Waals surface area (Å²) in [6, 6.07) is 0.833. The first-order chi connectivity index (χ1) is 8.93. The zero-order valence-corrected chi connectivity index (χ0v) is 11.7. The highest BCUT2D eigenvalue weighted by Crippen LogP contribution is 2.22. The smallest absolute Gasteiger partial charge is 0.191 e. The van der Waals surface area contributed by atoms with E-state index in [2.05, 4.69) is 20.1 Å². The predicted octanol–water partition coefficient (Wildman–Crippen LogP) is 2.24. The standard InChI is InChI=1S/C13H22N4S/c1-2-5-12-15-16-13(17(12)9-3-1)18-10-4-8-14-11-6-7-11/h11,14H,1-10H2. The van der Waals surface area contributed by atoms with E-state index in [9.17, 15) is 0 Å². The topological polar surface area (TPSA) is 42.7 Å². The summed E-state index contributed by atoms with van der Waals surface area (Å²) in [6.45, 7) is 2.27. The first kappa shape index (κ1) is 12.5. The van der Waals surface area contributed by atoms with Crippen LogP contribution < -0.4 is 5.32 Å². The maximum Gasteiger partial charge on any atom is 0.191 e. The molecule has 1 aliphatic heterocycles. The maximum absolute atomic E-state index is 4.34. The molecule has 1 N–H and O–H groups in total. The Balaban J connectivity index is 1.45. The van der Waals surface area contributed by atoms with Gasteiger partial charge in [-0.15, -0.1) is 10.2 Å². The fraction of sp³-hybridized carbons (Fsp3) is 0.846. The summed E-state index contributed by atoms with van der Waals surface area (Å²) in [4.78, 5) is 0. The largest absolute Gasteiger partial charge is 0.314 e. The maximum atomic E-state index is 4.34. The number of hydrogen-bond donors (Lipinski definition) is 1. The second-order valence-corrected chi connectivity index (χ2v) is 6.35. The Morgan fingerprint density at radius 3 is 3.06 bits per heavy atom. The van der Waals surface area contributed by atoms with E-state index in [4.69, 9.17) is 0 Å². The van der Waals surface area contributed by atoms with E-state index in [0.717, 1.165) is 36.5 Å². The van der Waals surface area contributed by atoms with Crippen molar-refractivity contribution in [2.75, 3.05) is 12.3 Å². The lowest BCUT2D eigenvalue weighted by molar-refractivity contribution is 0.590. The lowest BCUT2D eigenvalue weighted by Gasteiger charge is -2.06. The van der Waals surface area contributed by atoms with Crippen LogP contribution in [0.4, 0.5) is 0 Å². The Labute approximate surface area is 113 Å². The number of nitrogens with zero attached hydrogens (tertiary/aromatic N) is 3. The van der Waals surface area contributed by atoms with Crippen LogP contribution in [-0.4, -0.2) is 33.1 Å². The zero-order chi connectivity index (χ0) is 12.2. The van der Waals surface area contributed by atoms with Gasteiger partial charge in [0.2, 0.25) is 0 Å². The van der Waals surface area contributed by atoms with Crippen LogP contribution in [0.2, 0.25) is 0 Å². The average Bonchev–Trinajstić information content (AvgIpc) is 3.16. The summed E-state index contributed by atoms with van der Waals surface area (Å²) in [5, 5.41) is 13.4. The molecule has 1 aromatic rings. The number of nitrogens with one attached hydrogen (secondary N) is 1. The van der Waals surface area contributed by atoms with Gasteiger partial charge in [-0.2, -0.15) is 0 Å². The fourth-order valence-electron chi connectivity index (χ4n) is 2.39. The number of rotatable bonds is 6. The van der Waals surface area contributed by atoms with E-state index in [-0.39, 0.29) is 0 Å². The van der Waals surface area contributed by atoms with Crippen LogP contribution in [0.1, 0.15) is 44.3 Å². The number of aryl methyl sites for hydroxylation is 1. The third kappa shape index (κ3) is 3.26. The molecule has 1 aromatic heterocycles. The summed E-state index contributed by atoms with van der Waals surface area (Å²) in [7, 11) is 0. The van der Waals surface area contributed by atoms with Crippen LogP contribution in [0.25, 0.3) is 0 Å². The Morgan fingerprint density at radius 1 is 1.22 bits per heavy atom. The van der Waals surface area contributed by atoms with Crippen molar-refractivity contribution >= 4 is 11.8 Å². The van der Waals surface area contributed by atoms with Crippen LogP contribution in [0.15, 0.2) is 5.16 Å². The van der Waals surface area contributed by atoms with Crippen LogP contribution in [0.5, 0.6) is 0 Å². The molecule has 0 aromatic carbocycles.